The second-order valence-corrected chi connectivity index (χ2v) is 3.27. The van der Waals surface area contributed by atoms with Gasteiger partial charge in [0.05, 0.1) is 12.7 Å². The molecule has 0 amide bonds. The molecule has 2 unspecified atom stereocenters. The second kappa shape index (κ2) is 8.48. The van der Waals surface area contributed by atoms with Gasteiger partial charge < -0.3 is 14.9 Å². The smallest absolute Gasteiger partial charge is 0.103 e. The van der Waals surface area contributed by atoms with Gasteiger partial charge in [0.2, 0.25) is 0 Å². The Bertz CT molecular complexity index is 106. The van der Waals surface area contributed by atoms with E-state index in [1.165, 1.54) is 6.42 Å². The molecule has 0 aliphatic heterocycles. The summed E-state index contributed by atoms with van der Waals surface area (Å²) in [5.74, 6) is 0. The number of hydrogen-bond donors (Lipinski definition) is 2. The summed E-state index contributed by atoms with van der Waals surface area (Å²) in [6.07, 6.45) is 3.17. The fraction of sp³-hybridized carbons (Fsp3) is 1.00. The van der Waals surface area contributed by atoms with E-state index in [1.807, 2.05) is 6.92 Å². The van der Waals surface area contributed by atoms with Crippen molar-refractivity contribution in [3.05, 3.63) is 0 Å². The molecule has 0 fully saturated rings. The normalized spacial score (nSPS) is 15.7. The van der Waals surface area contributed by atoms with Crippen molar-refractivity contribution in [2.75, 3.05) is 13.2 Å². The molecule has 0 heterocycles. The Morgan fingerprint density at radius 1 is 1.23 bits per heavy atom. The maximum Gasteiger partial charge on any atom is 0.103 e. The van der Waals surface area contributed by atoms with Crippen LogP contribution < -0.4 is 0 Å². The van der Waals surface area contributed by atoms with Crippen LogP contribution in [0, 0.1) is 0 Å². The van der Waals surface area contributed by atoms with Gasteiger partial charge >= 0.3 is 0 Å². The lowest BCUT2D eigenvalue weighted by atomic mass is 10.1. The lowest BCUT2D eigenvalue weighted by Gasteiger charge is -2.20. The van der Waals surface area contributed by atoms with Crippen LogP contribution in [-0.2, 0) is 4.74 Å². The third-order valence-corrected chi connectivity index (χ3v) is 2.10. The summed E-state index contributed by atoms with van der Waals surface area (Å²) in [5, 5.41) is 18.0. The van der Waals surface area contributed by atoms with E-state index in [1.54, 1.807) is 0 Å². The van der Waals surface area contributed by atoms with E-state index < -0.39 is 6.10 Å². The first-order valence-electron chi connectivity index (χ1n) is 5.16. The Morgan fingerprint density at radius 2 is 1.92 bits per heavy atom. The Kier molecular flexibility index (Phi) is 8.40. The largest absolute Gasteiger partial charge is 0.394 e. The molecule has 0 aromatic carbocycles. The molecule has 13 heavy (non-hydrogen) atoms. The first-order chi connectivity index (χ1) is 6.26. The van der Waals surface area contributed by atoms with E-state index in [0.717, 1.165) is 19.3 Å². The van der Waals surface area contributed by atoms with Crippen LogP contribution in [-0.4, -0.2) is 35.6 Å². The zero-order chi connectivity index (χ0) is 10.1. The molecule has 3 nitrogen and oxygen atoms in total. The van der Waals surface area contributed by atoms with E-state index in [2.05, 4.69) is 6.92 Å². The minimum absolute atomic E-state index is 0.207. The molecule has 2 atom stereocenters. The van der Waals surface area contributed by atoms with Crippen LogP contribution in [0.3, 0.4) is 0 Å². The average molecular weight is 190 g/mol. The molecule has 0 rings (SSSR count). The zero-order valence-electron chi connectivity index (χ0n) is 8.70. The topological polar surface area (TPSA) is 49.7 Å². The third-order valence-electron chi connectivity index (χ3n) is 2.10. The molecule has 0 aromatic heterocycles. The van der Waals surface area contributed by atoms with Crippen molar-refractivity contribution in [2.45, 2.75) is 51.7 Å². The molecule has 0 saturated heterocycles. The molecule has 0 aromatic rings. The molecule has 0 spiro atoms. The number of hydrogen-bond acceptors (Lipinski definition) is 3. The van der Waals surface area contributed by atoms with Crippen molar-refractivity contribution in [3.8, 4) is 0 Å². The third kappa shape index (κ3) is 6.02. The summed E-state index contributed by atoms with van der Waals surface area (Å²) in [4.78, 5) is 0. The van der Waals surface area contributed by atoms with Gasteiger partial charge in [-0.1, -0.05) is 26.7 Å². The van der Waals surface area contributed by atoms with Gasteiger partial charge in [-0.05, 0) is 12.8 Å². The van der Waals surface area contributed by atoms with Crippen LogP contribution in [0.4, 0.5) is 0 Å². The standard InChI is InChI=1S/C10H22O3/c1-3-5-6-7-13-10(4-2)9(12)8-11/h9-12H,3-8H2,1-2H3. The summed E-state index contributed by atoms with van der Waals surface area (Å²) in [7, 11) is 0. The average Bonchev–Trinajstić information content (AvgIpc) is 2.17. The Morgan fingerprint density at radius 3 is 2.38 bits per heavy atom. The predicted molar refractivity (Wildman–Crippen MR) is 52.6 cm³/mol. The summed E-state index contributed by atoms with van der Waals surface area (Å²) < 4.78 is 5.44. The number of ether oxygens (including phenoxy) is 1. The lowest BCUT2D eigenvalue weighted by molar-refractivity contribution is -0.0598. The minimum Gasteiger partial charge on any atom is -0.394 e. The Labute approximate surface area is 80.7 Å². The van der Waals surface area contributed by atoms with Gasteiger partial charge in [0, 0.05) is 6.61 Å². The molecule has 80 valence electrons. The highest BCUT2D eigenvalue weighted by atomic mass is 16.5. The highest BCUT2D eigenvalue weighted by Crippen LogP contribution is 2.05. The van der Waals surface area contributed by atoms with Crippen LogP contribution in [0.25, 0.3) is 0 Å². The summed E-state index contributed by atoms with van der Waals surface area (Å²) in [6, 6.07) is 0. The maximum absolute atomic E-state index is 9.30. The molecule has 0 bridgehead atoms. The summed E-state index contributed by atoms with van der Waals surface area (Å²) >= 11 is 0. The van der Waals surface area contributed by atoms with Gasteiger partial charge in [-0.25, -0.2) is 0 Å². The molecule has 0 saturated carbocycles. The quantitative estimate of drug-likeness (QED) is 0.568. The van der Waals surface area contributed by atoms with E-state index in [9.17, 15) is 5.11 Å². The van der Waals surface area contributed by atoms with E-state index in [0.29, 0.717) is 6.61 Å². The fourth-order valence-electron chi connectivity index (χ4n) is 1.21. The van der Waals surface area contributed by atoms with Gasteiger partial charge in [-0.15, -0.1) is 0 Å². The summed E-state index contributed by atoms with van der Waals surface area (Å²) in [5.41, 5.74) is 0. The SMILES string of the molecule is CCCCCOC(CC)C(O)CO. The van der Waals surface area contributed by atoms with Crippen molar-refractivity contribution >= 4 is 0 Å². The number of aliphatic hydroxyl groups excluding tert-OH is 2. The number of rotatable bonds is 8. The highest BCUT2D eigenvalue weighted by Gasteiger charge is 2.16. The monoisotopic (exact) mass is 190 g/mol. The van der Waals surface area contributed by atoms with Crippen molar-refractivity contribution in [1.29, 1.82) is 0 Å². The maximum atomic E-state index is 9.30. The van der Waals surface area contributed by atoms with Crippen molar-refractivity contribution in [1.82, 2.24) is 0 Å². The van der Waals surface area contributed by atoms with E-state index >= 15 is 0 Å². The van der Waals surface area contributed by atoms with E-state index in [-0.39, 0.29) is 12.7 Å². The lowest BCUT2D eigenvalue weighted by Crippen LogP contribution is -2.31. The molecular formula is C10H22O3. The van der Waals surface area contributed by atoms with Crippen LogP contribution in [0.5, 0.6) is 0 Å². The summed E-state index contributed by atoms with van der Waals surface area (Å²) in [6.45, 7) is 4.55. The van der Waals surface area contributed by atoms with Crippen molar-refractivity contribution in [2.24, 2.45) is 0 Å². The Hall–Kier alpha value is -0.120. The van der Waals surface area contributed by atoms with Gasteiger partial charge in [0.1, 0.15) is 6.10 Å². The first kappa shape index (κ1) is 12.9. The highest BCUT2D eigenvalue weighted by molar-refractivity contribution is 4.65. The van der Waals surface area contributed by atoms with Gasteiger partial charge in [0.15, 0.2) is 0 Å². The van der Waals surface area contributed by atoms with Crippen LogP contribution in [0.15, 0.2) is 0 Å². The number of aliphatic hydroxyl groups is 2. The number of unbranched alkanes of at least 4 members (excludes halogenated alkanes) is 2. The minimum atomic E-state index is -0.730. The van der Waals surface area contributed by atoms with Crippen LogP contribution in [0.1, 0.15) is 39.5 Å². The van der Waals surface area contributed by atoms with Gasteiger partial charge in [0.25, 0.3) is 0 Å². The molecular weight excluding hydrogens is 168 g/mol. The zero-order valence-corrected chi connectivity index (χ0v) is 8.70. The van der Waals surface area contributed by atoms with Crippen molar-refractivity contribution < 1.29 is 14.9 Å². The second-order valence-electron chi connectivity index (χ2n) is 3.27. The molecule has 0 aliphatic rings. The van der Waals surface area contributed by atoms with Gasteiger partial charge in [-0.3, -0.25) is 0 Å². The van der Waals surface area contributed by atoms with E-state index in [4.69, 9.17) is 9.84 Å². The predicted octanol–water partition coefficient (Wildman–Crippen LogP) is 1.32. The molecule has 0 aliphatic carbocycles. The fourth-order valence-corrected chi connectivity index (χ4v) is 1.21. The Balaban J connectivity index is 3.47. The van der Waals surface area contributed by atoms with Crippen LogP contribution in [0.2, 0.25) is 0 Å². The first-order valence-corrected chi connectivity index (χ1v) is 5.16. The van der Waals surface area contributed by atoms with Crippen LogP contribution >= 0.6 is 0 Å². The molecule has 0 radical (unpaired) electrons. The molecule has 2 N–H and O–H groups in total. The van der Waals surface area contributed by atoms with Crippen molar-refractivity contribution in [3.63, 3.8) is 0 Å². The molecule has 3 heteroatoms. The van der Waals surface area contributed by atoms with Gasteiger partial charge in [-0.2, -0.15) is 0 Å².